The van der Waals surface area contributed by atoms with Crippen molar-refractivity contribution in [1.82, 2.24) is 10.5 Å². The minimum absolute atomic E-state index is 0.108. The van der Waals surface area contributed by atoms with E-state index in [1.165, 1.54) is 5.56 Å². The molecule has 1 aromatic carbocycles. The number of carbonyl (C=O) groups excluding carboxylic acids is 1. The summed E-state index contributed by atoms with van der Waals surface area (Å²) in [6.07, 6.45) is 5.60. The van der Waals surface area contributed by atoms with E-state index in [-0.39, 0.29) is 11.9 Å². The van der Waals surface area contributed by atoms with Crippen LogP contribution in [0.25, 0.3) is 0 Å². The minimum Gasteiger partial charge on any atom is -0.360 e. The Hall–Kier alpha value is -2.10. The highest BCUT2D eigenvalue weighted by atomic mass is 16.5. The summed E-state index contributed by atoms with van der Waals surface area (Å²) in [5.41, 5.74) is 1.73. The number of nitrogens with one attached hydrogen (secondary N) is 1. The molecule has 1 heterocycles. The predicted octanol–water partition coefficient (Wildman–Crippen LogP) is 3.62. The van der Waals surface area contributed by atoms with E-state index in [1.54, 1.807) is 6.07 Å². The topological polar surface area (TPSA) is 55.1 Å². The van der Waals surface area contributed by atoms with Crippen LogP contribution in [0.15, 0.2) is 40.9 Å². The second-order valence-electron chi connectivity index (χ2n) is 6.42. The third kappa shape index (κ3) is 2.65. The molecule has 0 bridgehead atoms. The fraction of sp³-hybridized carbons (Fsp3) is 0.444. The average molecular weight is 296 g/mol. The molecule has 0 unspecified atom stereocenters. The number of hydrogen-bond acceptors (Lipinski definition) is 3. The van der Waals surface area contributed by atoms with Crippen molar-refractivity contribution in [2.45, 2.75) is 50.0 Å². The molecule has 0 saturated heterocycles. The first-order valence-electron chi connectivity index (χ1n) is 8.13. The van der Waals surface area contributed by atoms with E-state index in [4.69, 9.17) is 4.52 Å². The number of nitrogens with zero attached hydrogens (tertiary/aromatic N) is 1. The van der Waals surface area contributed by atoms with Crippen LogP contribution in [0.3, 0.4) is 0 Å². The van der Waals surface area contributed by atoms with Gasteiger partial charge in [-0.05, 0) is 31.2 Å². The summed E-state index contributed by atoms with van der Waals surface area (Å²) in [7, 11) is 0. The van der Waals surface area contributed by atoms with Crippen molar-refractivity contribution in [3.63, 3.8) is 0 Å². The number of benzene rings is 1. The summed E-state index contributed by atoms with van der Waals surface area (Å²) in [5.74, 6) is 1.64. The predicted molar refractivity (Wildman–Crippen MR) is 82.8 cm³/mol. The van der Waals surface area contributed by atoms with Crippen LogP contribution in [0.2, 0.25) is 0 Å². The summed E-state index contributed by atoms with van der Waals surface area (Å²) >= 11 is 0. The van der Waals surface area contributed by atoms with Crippen molar-refractivity contribution in [3.8, 4) is 0 Å². The van der Waals surface area contributed by atoms with Gasteiger partial charge in [0.25, 0.3) is 5.91 Å². The lowest BCUT2D eigenvalue weighted by Gasteiger charge is -2.20. The molecule has 4 nitrogen and oxygen atoms in total. The van der Waals surface area contributed by atoms with Crippen LogP contribution >= 0.6 is 0 Å². The second-order valence-corrected chi connectivity index (χ2v) is 6.42. The van der Waals surface area contributed by atoms with Crippen LogP contribution in [-0.2, 0) is 0 Å². The first kappa shape index (κ1) is 13.6. The van der Waals surface area contributed by atoms with Gasteiger partial charge in [-0.15, -0.1) is 0 Å². The first-order valence-corrected chi connectivity index (χ1v) is 8.13. The van der Waals surface area contributed by atoms with Gasteiger partial charge >= 0.3 is 0 Å². The zero-order valence-electron chi connectivity index (χ0n) is 12.5. The average Bonchev–Trinajstić information content (AvgIpc) is 3.10. The van der Waals surface area contributed by atoms with Gasteiger partial charge in [-0.3, -0.25) is 4.79 Å². The lowest BCUT2D eigenvalue weighted by molar-refractivity contribution is 0.0925. The standard InChI is InChI=1S/C18H20N2O2/c21-18(16-11-17(22-20-16)13-9-10-13)19-15-8-4-7-14(15)12-5-2-1-3-6-12/h1-3,5-6,11,13-15H,4,7-10H2,(H,19,21)/t14-,15+/m1/s1. The minimum atomic E-state index is -0.108. The highest BCUT2D eigenvalue weighted by molar-refractivity contribution is 5.92. The molecule has 2 saturated carbocycles. The monoisotopic (exact) mass is 296 g/mol. The van der Waals surface area contributed by atoms with Crippen molar-refractivity contribution in [3.05, 3.63) is 53.4 Å². The van der Waals surface area contributed by atoms with E-state index in [2.05, 4.69) is 34.7 Å². The molecular weight excluding hydrogens is 276 g/mol. The Labute approximate surface area is 129 Å². The third-order valence-corrected chi connectivity index (χ3v) is 4.80. The molecule has 2 aliphatic carbocycles. The highest BCUT2D eigenvalue weighted by Crippen LogP contribution is 2.40. The van der Waals surface area contributed by atoms with E-state index in [0.29, 0.717) is 17.5 Å². The maximum Gasteiger partial charge on any atom is 0.273 e. The van der Waals surface area contributed by atoms with Gasteiger partial charge in [0.15, 0.2) is 5.69 Å². The zero-order valence-corrected chi connectivity index (χ0v) is 12.5. The summed E-state index contributed by atoms with van der Waals surface area (Å²) in [6, 6.07) is 12.4. The SMILES string of the molecule is O=C(N[C@H]1CCC[C@@H]1c1ccccc1)c1cc(C2CC2)on1. The van der Waals surface area contributed by atoms with E-state index in [9.17, 15) is 4.79 Å². The summed E-state index contributed by atoms with van der Waals surface area (Å²) in [4.78, 5) is 12.4. The van der Waals surface area contributed by atoms with Crippen LogP contribution in [0.4, 0.5) is 0 Å². The van der Waals surface area contributed by atoms with Gasteiger partial charge in [-0.2, -0.15) is 0 Å². The van der Waals surface area contributed by atoms with Crippen molar-refractivity contribution in [1.29, 1.82) is 0 Å². The summed E-state index contributed by atoms with van der Waals surface area (Å²) < 4.78 is 5.27. The molecule has 1 N–H and O–H groups in total. The normalized spacial score (nSPS) is 24.4. The Morgan fingerprint density at radius 3 is 2.73 bits per heavy atom. The Bertz CT molecular complexity index is 661. The molecule has 1 aromatic heterocycles. The number of carbonyl (C=O) groups is 1. The van der Waals surface area contributed by atoms with Crippen molar-refractivity contribution >= 4 is 5.91 Å². The molecule has 114 valence electrons. The first-order chi connectivity index (χ1) is 10.8. The fourth-order valence-corrected chi connectivity index (χ4v) is 3.43. The molecule has 0 radical (unpaired) electrons. The number of hydrogen-bond donors (Lipinski definition) is 1. The maximum absolute atomic E-state index is 12.4. The molecule has 0 aliphatic heterocycles. The van der Waals surface area contributed by atoms with E-state index in [0.717, 1.165) is 37.9 Å². The largest absolute Gasteiger partial charge is 0.360 e. The van der Waals surface area contributed by atoms with Gasteiger partial charge in [0.2, 0.25) is 0 Å². The molecular formula is C18H20N2O2. The summed E-state index contributed by atoms with van der Waals surface area (Å²) in [5, 5.41) is 7.09. The van der Waals surface area contributed by atoms with Crippen LogP contribution < -0.4 is 5.32 Å². The van der Waals surface area contributed by atoms with E-state index < -0.39 is 0 Å². The summed E-state index contributed by atoms with van der Waals surface area (Å²) in [6.45, 7) is 0. The van der Waals surface area contributed by atoms with Crippen LogP contribution in [0.1, 0.15) is 65.8 Å². The molecule has 4 rings (SSSR count). The van der Waals surface area contributed by atoms with Gasteiger partial charge in [-0.1, -0.05) is 41.9 Å². The van der Waals surface area contributed by atoms with Crippen LogP contribution in [0, 0.1) is 0 Å². The van der Waals surface area contributed by atoms with Crippen molar-refractivity contribution in [2.24, 2.45) is 0 Å². The van der Waals surface area contributed by atoms with Crippen molar-refractivity contribution < 1.29 is 9.32 Å². The molecule has 1 amide bonds. The Kier molecular flexibility index (Phi) is 3.45. The Balaban J connectivity index is 1.45. The lowest BCUT2D eigenvalue weighted by Crippen LogP contribution is -2.36. The fourth-order valence-electron chi connectivity index (χ4n) is 3.43. The molecule has 2 fully saturated rings. The number of rotatable bonds is 4. The quantitative estimate of drug-likeness (QED) is 0.937. The van der Waals surface area contributed by atoms with Gasteiger partial charge in [0.05, 0.1) is 0 Å². The highest BCUT2D eigenvalue weighted by Gasteiger charge is 2.32. The lowest BCUT2D eigenvalue weighted by atomic mass is 9.94. The smallest absolute Gasteiger partial charge is 0.273 e. The molecule has 4 heteroatoms. The van der Waals surface area contributed by atoms with Crippen molar-refractivity contribution in [2.75, 3.05) is 0 Å². The van der Waals surface area contributed by atoms with Gasteiger partial charge in [-0.25, -0.2) is 0 Å². The van der Waals surface area contributed by atoms with Gasteiger partial charge in [0.1, 0.15) is 5.76 Å². The Morgan fingerprint density at radius 2 is 1.95 bits per heavy atom. The van der Waals surface area contributed by atoms with Gasteiger partial charge < -0.3 is 9.84 Å². The maximum atomic E-state index is 12.4. The van der Waals surface area contributed by atoms with Gasteiger partial charge in [0, 0.05) is 23.9 Å². The zero-order chi connectivity index (χ0) is 14.9. The van der Waals surface area contributed by atoms with E-state index in [1.807, 2.05) is 6.07 Å². The molecule has 2 aliphatic rings. The van der Waals surface area contributed by atoms with Crippen LogP contribution in [-0.4, -0.2) is 17.1 Å². The van der Waals surface area contributed by atoms with Crippen LogP contribution in [0.5, 0.6) is 0 Å². The molecule has 0 spiro atoms. The number of amides is 1. The molecule has 22 heavy (non-hydrogen) atoms. The third-order valence-electron chi connectivity index (χ3n) is 4.80. The Morgan fingerprint density at radius 1 is 1.14 bits per heavy atom. The van der Waals surface area contributed by atoms with E-state index >= 15 is 0 Å². The second kappa shape index (κ2) is 5.59. The molecule has 2 atom stereocenters. The molecule has 2 aromatic rings. The number of aromatic nitrogens is 1.